The van der Waals surface area contributed by atoms with Gasteiger partial charge in [-0.1, -0.05) is 41.4 Å². The molecule has 0 bridgehead atoms. The fraction of sp³-hybridized carbons (Fsp3) is 0.350. The van der Waals surface area contributed by atoms with Crippen LogP contribution < -0.4 is 5.32 Å². The molecule has 1 amide bonds. The number of carbonyl (C=O) groups is 1. The maximum atomic E-state index is 13.4. The van der Waals surface area contributed by atoms with E-state index in [9.17, 15) is 13.2 Å². The first-order valence-corrected chi connectivity index (χ1v) is 10.8. The molecule has 1 N–H and O–H groups in total. The zero-order valence-electron chi connectivity index (χ0n) is 15.2. The van der Waals surface area contributed by atoms with Gasteiger partial charge >= 0.3 is 0 Å². The van der Waals surface area contributed by atoms with Crippen LogP contribution in [0.1, 0.15) is 30.4 Å². The number of rotatable bonds is 5. The summed E-state index contributed by atoms with van der Waals surface area (Å²) in [5, 5.41) is 3.30. The molecule has 2 aromatic rings. The Hall–Kier alpha value is -1.89. The molecule has 7 heteroatoms. The van der Waals surface area contributed by atoms with Gasteiger partial charge < -0.3 is 5.32 Å². The van der Waals surface area contributed by atoms with Crippen LogP contribution in [-0.2, 0) is 21.4 Å². The molecule has 0 spiro atoms. The van der Waals surface area contributed by atoms with Crippen LogP contribution in [0.5, 0.6) is 0 Å². The predicted molar refractivity (Wildman–Crippen MR) is 106 cm³/mol. The van der Waals surface area contributed by atoms with E-state index in [1.54, 1.807) is 12.1 Å². The zero-order chi connectivity index (χ0) is 19.4. The summed E-state index contributed by atoms with van der Waals surface area (Å²) < 4.78 is 28.1. The monoisotopic (exact) mass is 406 g/mol. The minimum Gasteiger partial charge on any atom is -0.355 e. The third-order valence-electron chi connectivity index (χ3n) is 4.73. The van der Waals surface area contributed by atoms with Gasteiger partial charge in [-0.25, -0.2) is 8.42 Å². The molecule has 144 valence electrons. The lowest BCUT2D eigenvalue weighted by molar-refractivity contribution is -0.124. The molecule has 1 aliphatic rings. The number of nitrogens with one attached hydrogen (secondary N) is 1. The van der Waals surface area contributed by atoms with Crippen LogP contribution >= 0.6 is 11.6 Å². The second-order valence-electron chi connectivity index (χ2n) is 6.79. The van der Waals surface area contributed by atoms with E-state index in [0.29, 0.717) is 18.0 Å². The van der Waals surface area contributed by atoms with Gasteiger partial charge in [-0.2, -0.15) is 4.31 Å². The molecular formula is C20H23ClN2O3S. The van der Waals surface area contributed by atoms with Crippen molar-refractivity contribution in [3.8, 4) is 0 Å². The van der Waals surface area contributed by atoms with Gasteiger partial charge in [0.05, 0.1) is 4.90 Å². The highest BCUT2D eigenvalue weighted by molar-refractivity contribution is 7.89. The number of amides is 1. The van der Waals surface area contributed by atoms with E-state index < -0.39 is 16.1 Å². The van der Waals surface area contributed by atoms with Gasteiger partial charge in [0.2, 0.25) is 15.9 Å². The van der Waals surface area contributed by atoms with E-state index >= 15 is 0 Å². The number of aryl methyl sites for hydroxylation is 1. The topological polar surface area (TPSA) is 66.5 Å². The van der Waals surface area contributed by atoms with Crippen molar-refractivity contribution in [2.45, 2.75) is 43.7 Å². The number of halogens is 1. The van der Waals surface area contributed by atoms with Crippen LogP contribution in [0, 0.1) is 6.92 Å². The number of hydrogen-bond donors (Lipinski definition) is 1. The summed E-state index contributed by atoms with van der Waals surface area (Å²) in [6, 6.07) is 13.0. The molecule has 1 aliphatic heterocycles. The van der Waals surface area contributed by atoms with Gasteiger partial charge in [0.15, 0.2) is 0 Å². The van der Waals surface area contributed by atoms with Crippen LogP contribution in [0.2, 0.25) is 5.02 Å². The molecule has 0 saturated carbocycles. The number of carbonyl (C=O) groups excluding carboxylic acids is 1. The van der Waals surface area contributed by atoms with Crippen molar-refractivity contribution < 1.29 is 13.2 Å². The Morgan fingerprint density at radius 3 is 2.41 bits per heavy atom. The number of benzene rings is 2. The van der Waals surface area contributed by atoms with Gasteiger partial charge in [0, 0.05) is 18.1 Å². The maximum Gasteiger partial charge on any atom is 0.244 e. The Balaban J connectivity index is 2.01. The lowest BCUT2D eigenvalue weighted by atomic mass is 10.1. The quantitative estimate of drug-likeness (QED) is 0.826. The third kappa shape index (κ3) is 4.69. The minimum absolute atomic E-state index is 0.135. The molecular weight excluding hydrogens is 384 g/mol. The second kappa shape index (κ2) is 8.42. The highest BCUT2D eigenvalue weighted by atomic mass is 35.5. The molecule has 2 aromatic carbocycles. The smallest absolute Gasteiger partial charge is 0.244 e. The summed E-state index contributed by atoms with van der Waals surface area (Å²) in [4.78, 5) is 12.7. The predicted octanol–water partition coefficient (Wildman–Crippen LogP) is 3.51. The summed E-state index contributed by atoms with van der Waals surface area (Å²) in [6.07, 6.45) is 2.15. The van der Waals surface area contributed by atoms with Crippen LogP contribution in [0.4, 0.5) is 0 Å². The van der Waals surface area contributed by atoms with Gasteiger partial charge in [-0.3, -0.25) is 4.79 Å². The van der Waals surface area contributed by atoms with E-state index in [4.69, 9.17) is 11.6 Å². The molecule has 1 unspecified atom stereocenters. The Kier molecular flexibility index (Phi) is 6.19. The van der Waals surface area contributed by atoms with Crippen molar-refractivity contribution >= 4 is 27.5 Å². The Morgan fingerprint density at radius 2 is 1.74 bits per heavy atom. The third-order valence-corrected chi connectivity index (χ3v) is 6.85. The first-order chi connectivity index (χ1) is 12.9. The Bertz CT molecular complexity index is 896. The van der Waals surface area contributed by atoms with E-state index in [0.717, 1.165) is 24.0 Å². The van der Waals surface area contributed by atoms with E-state index in [2.05, 4.69) is 5.32 Å². The van der Waals surface area contributed by atoms with Gasteiger partial charge in [-0.15, -0.1) is 0 Å². The van der Waals surface area contributed by atoms with Gasteiger partial charge in [0.25, 0.3) is 0 Å². The van der Waals surface area contributed by atoms with Gasteiger partial charge in [-0.05, 0) is 56.0 Å². The molecule has 27 heavy (non-hydrogen) atoms. The van der Waals surface area contributed by atoms with Crippen molar-refractivity contribution in [2.24, 2.45) is 0 Å². The van der Waals surface area contributed by atoms with Crippen LogP contribution in [0.15, 0.2) is 53.4 Å². The normalized spacial score (nSPS) is 18.2. The SMILES string of the molecule is Cc1ccc(CN(C2CCCCNC2=O)S(=O)(=O)c2ccc(Cl)cc2)cc1. The molecule has 1 saturated heterocycles. The fourth-order valence-electron chi connectivity index (χ4n) is 3.18. The molecule has 5 nitrogen and oxygen atoms in total. The van der Waals surface area contributed by atoms with Crippen molar-refractivity contribution in [1.82, 2.24) is 9.62 Å². The van der Waals surface area contributed by atoms with Crippen LogP contribution in [-0.4, -0.2) is 31.2 Å². The molecule has 1 fully saturated rings. The summed E-state index contributed by atoms with van der Waals surface area (Å²) >= 11 is 5.91. The highest BCUT2D eigenvalue weighted by Crippen LogP contribution is 2.26. The fourth-order valence-corrected chi connectivity index (χ4v) is 4.91. The summed E-state index contributed by atoms with van der Waals surface area (Å²) in [5.74, 6) is -0.239. The number of nitrogens with zero attached hydrogens (tertiary/aromatic N) is 1. The standard InChI is InChI=1S/C20H23ClN2O3S/c1-15-5-7-16(8-6-15)14-23(19-4-2-3-13-22-20(19)24)27(25,26)18-11-9-17(21)10-12-18/h5-12,19H,2-4,13-14H2,1H3,(H,22,24). The van der Waals surface area contributed by atoms with E-state index in [1.807, 2.05) is 31.2 Å². The first-order valence-electron chi connectivity index (χ1n) is 8.98. The van der Waals surface area contributed by atoms with Crippen LogP contribution in [0.25, 0.3) is 0 Å². The Labute approximate surface area is 165 Å². The van der Waals surface area contributed by atoms with Gasteiger partial charge in [0.1, 0.15) is 6.04 Å². The molecule has 0 radical (unpaired) electrons. The van der Waals surface area contributed by atoms with Crippen molar-refractivity contribution in [1.29, 1.82) is 0 Å². The van der Waals surface area contributed by atoms with E-state index in [-0.39, 0.29) is 17.3 Å². The maximum absolute atomic E-state index is 13.4. The zero-order valence-corrected chi connectivity index (χ0v) is 16.8. The number of hydrogen-bond acceptors (Lipinski definition) is 3. The van der Waals surface area contributed by atoms with Crippen molar-refractivity contribution in [3.05, 3.63) is 64.7 Å². The average molecular weight is 407 g/mol. The first kappa shape index (κ1) is 19.9. The van der Waals surface area contributed by atoms with E-state index in [1.165, 1.54) is 16.4 Å². The number of sulfonamides is 1. The van der Waals surface area contributed by atoms with Crippen LogP contribution in [0.3, 0.4) is 0 Å². The summed E-state index contributed by atoms with van der Waals surface area (Å²) in [7, 11) is -3.86. The lowest BCUT2D eigenvalue weighted by Crippen LogP contribution is -2.48. The largest absolute Gasteiger partial charge is 0.355 e. The second-order valence-corrected chi connectivity index (χ2v) is 9.12. The molecule has 3 rings (SSSR count). The lowest BCUT2D eigenvalue weighted by Gasteiger charge is -2.29. The highest BCUT2D eigenvalue weighted by Gasteiger charge is 2.36. The Morgan fingerprint density at radius 1 is 1.07 bits per heavy atom. The molecule has 1 heterocycles. The van der Waals surface area contributed by atoms with Crippen molar-refractivity contribution in [2.75, 3.05) is 6.54 Å². The van der Waals surface area contributed by atoms with Crippen molar-refractivity contribution in [3.63, 3.8) is 0 Å². The summed E-state index contributed by atoms with van der Waals surface area (Å²) in [6.45, 7) is 2.70. The molecule has 1 atom stereocenters. The molecule has 0 aromatic heterocycles. The summed E-state index contributed by atoms with van der Waals surface area (Å²) in [5.41, 5.74) is 1.94. The average Bonchev–Trinajstić information content (AvgIpc) is 2.86. The molecule has 0 aliphatic carbocycles. The minimum atomic E-state index is -3.86.